The molecule has 110 valence electrons. The van der Waals surface area contributed by atoms with Crippen LogP contribution in [0.15, 0.2) is 24.3 Å². The molecule has 1 aromatic rings. The molecule has 2 atom stereocenters. The molecule has 0 radical (unpaired) electrons. The second-order valence-electron chi connectivity index (χ2n) is 5.90. The third-order valence-corrected chi connectivity index (χ3v) is 5.00. The van der Waals surface area contributed by atoms with Crippen molar-refractivity contribution in [3.05, 3.63) is 40.4 Å². The van der Waals surface area contributed by atoms with Crippen LogP contribution >= 0.6 is 11.6 Å². The number of allylic oxidation sites excluding steroid dienone is 2. The van der Waals surface area contributed by atoms with Crippen LogP contribution in [0.4, 0.5) is 0 Å². The summed E-state index contributed by atoms with van der Waals surface area (Å²) in [7, 11) is 1.33. The molecule has 4 heteroatoms. The number of benzene rings is 1. The summed E-state index contributed by atoms with van der Waals surface area (Å²) >= 11 is 6.31. The van der Waals surface area contributed by atoms with Crippen molar-refractivity contribution in [2.45, 2.75) is 31.6 Å². The van der Waals surface area contributed by atoms with Crippen LogP contribution in [0.3, 0.4) is 0 Å². The minimum absolute atomic E-state index is 0.0371. The van der Waals surface area contributed by atoms with Crippen molar-refractivity contribution in [1.29, 1.82) is 0 Å². The number of methoxy groups -OCH3 is 1. The molecule has 1 aromatic carbocycles. The molecular weight excluding hydrogens is 288 g/mol. The molecule has 0 aromatic heterocycles. The first-order valence-corrected chi connectivity index (χ1v) is 7.46. The quantitative estimate of drug-likeness (QED) is 0.589. The van der Waals surface area contributed by atoms with Gasteiger partial charge in [0.05, 0.1) is 7.11 Å². The van der Waals surface area contributed by atoms with Crippen LogP contribution in [0.1, 0.15) is 37.3 Å². The van der Waals surface area contributed by atoms with Crippen LogP contribution < -0.4 is 0 Å². The summed E-state index contributed by atoms with van der Waals surface area (Å²) in [6.45, 7) is 2.02. The number of halogens is 1. The number of Topliss-reactive ketones (excluding diaryl/α,β-unsaturated/α-hetero) is 1. The maximum Gasteiger partial charge on any atom is 0.316 e. The largest absolute Gasteiger partial charge is 0.468 e. The first kappa shape index (κ1) is 14.3. The molecule has 1 unspecified atom stereocenters. The molecule has 0 amide bonds. The van der Waals surface area contributed by atoms with Gasteiger partial charge in [-0.15, -0.1) is 0 Å². The normalized spacial score (nSPS) is 27.5. The van der Waals surface area contributed by atoms with Gasteiger partial charge in [-0.1, -0.05) is 29.8 Å². The van der Waals surface area contributed by atoms with Crippen LogP contribution in [0.25, 0.3) is 5.57 Å². The van der Waals surface area contributed by atoms with Crippen LogP contribution in [0.2, 0.25) is 5.02 Å². The third kappa shape index (κ3) is 2.11. The minimum Gasteiger partial charge on any atom is -0.468 e. The lowest BCUT2D eigenvalue weighted by atomic mass is 9.67. The summed E-state index contributed by atoms with van der Waals surface area (Å²) in [5.74, 6) is -1.07. The fourth-order valence-corrected chi connectivity index (χ4v) is 4.06. The fourth-order valence-electron chi connectivity index (χ4n) is 3.73. The van der Waals surface area contributed by atoms with E-state index in [2.05, 4.69) is 6.08 Å². The molecule has 2 aliphatic rings. The lowest BCUT2D eigenvalue weighted by molar-refractivity contribution is -0.151. The lowest BCUT2D eigenvalue weighted by Gasteiger charge is -2.35. The van der Waals surface area contributed by atoms with Gasteiger partial charge in [0.2, 0.25) is 0 Å². The summed E-state index contributed by atoms with van der Waals surface area (Å²) in [4.78, 5) is 24.1. The number of carbonyl (C=O) groups excluding carboxylic acids is 2. The van der Waals surface area contributed by atoms with Crippen molar-refractivity contribution < 1.29 is 14.3 Å². The molecule has 1 spiro atoms. The second-order valence-corrected chi connectivity index (χ2v) is 6.31. The van der Waals surface area contributed by atoms with Crippen molar-refractivity contribution in [3.8, 4) is 0 Å². The van der Waals surface area contributed by atoms with E-state index in [0.717, 1.165) is 28.1 Å². The van der Waals surface area contributed by atoms with Gasteiger partial charge in [0.1, 0.15) is 11.7 Å². The predicted molar refractivity (Wildman–Crippen MR) is 81.1 cm³/mol. The molecule has 0 bridgehead atoms. The van der Waals surface area contributed by atoms with E-state index in [-0.39, 0.29) is 11.2 Å². The number of hydrogen-bond donors (Lipinski definition) is 0. The highest BCUT2D eigenvalue weighted by Gasteiger charge is 2.46. The van der Waals surface area contributed by atoms with Crippen molar-refractivity contribution in [2.24, 2.45) is 5.92 Å². The summed E-state index contributed by atoms with van der Waals surface area (Å²) in [6.07, 6.45) is 3.79. The van der Waals surface area contributed by atoms with E-state index in [4.69, 9.17) is 16.3 Å². The van der Waals surface area contributed by atoms with Gasteiger partial charge in [0, 0.05) is 16.9 Å². The zero-order chi connectivity index (χ0) is 15.2. The SMILES string of the molecule is COC(=O)C1CC[C@]2(C=C(C)c3c(Cl)cccc32)CC1=O. The topological polar surface area (TPSA) is 43.4 Å². The highest BCUT2D eigenvalue weighted by molar-refractivity contribution is 6.32. The predicted octanol–water partition coefficient (Wildman–Crippen LogP) is 3.54. The fraction of sp³-hybridized carbons (Fsp3) is 0.412. The van der Waals surface area contributed by atoms with Gasteiger partial charge in [-0.05, 0) is 42.5 Å². The third-order valence-electron chi connectivity index (χ3n) is 4.68. The molecule has 1 saturated carbocycles. The Labute approximate surface area is 128 Å². The molecule has 1 fully saturated rings. The number of rotatable bonds is 1. The maximum atomic E-state index is 12.4. The van der Waals surface area contributed by atoms with Gasteiger partial charge in [0.15, 0.2) is 0 Å². The monoisotopic (exact) mass is 304 g/mol. The first-order valence-electron chi connectivity index (χ1n) is 7.08. The zero-order valence-corrected chi connectivity index (χ0v) is 12.9. The average molecular weight is 305 g/mol. The Morgan fingerprint density at radius 2 is 2.19 bits per heavy atom. The number of carbonyl (C=O) groups is 2. The van der Waals surface area contributed by atoms with Gasteiger partial charge in [-0.25, -0.2) is 0 Å². The van der Waals surface area contributed by atoms with E-state index in [1.165, 1.54) is 7.11 Å². The number of esters is 1. The van der Waals surface area contributed by atoms with Gasteiger partial charge >= 0.3 is 5.97 Å². The molecule has 2 aliphatic carbocycles. The number of ether oxygens (including phenoxy) is 1. The first-order chi connectivity index (χ1) is 9.98. The molecule has 0 N–H and O–H groups in total. The summed E-state index contributed by atoms with van der Waals surface area (Å²) in [5, 5.41) is 0.723. The van der Waals surface area contributed by atoms with Crippen molar-refractivity contribution in [1.82, 2.24) is 0 Å². The highest BCUT2D eigenvalue weighted by atomic mass is 35.5. The van der Waals surface area contributed by atoms with Gasteiger partial charge in [-0.2, -0.15) is 0 Å². The Morgan fingerprint density at radius 3 is 2.86 bits per heavy atom. The van der Waals surface area contributed by atoms with Crippen molar-refractivity contribution >= 4 is 28.9 Å². The van der Waals surface area contributed by atoms with E-state index in [1.807, 2.05) is 25.1 Å². The van der Waals surface area contributed by atoms with E-state index in [9.17, 15) is 9.59 Å². The van der Waals surface area contributed by atoms with Gasteiger partial charge in [0.25, 0.3) is 0 Å². The summed E-state index contributed by atoms with van der Waals surface area (Å²) in [6, 6.07) is 5.84. The number of ketones is 1. The molecule has 0 aliphatic heterocycles. The standard InChI is InChI=1S/C17H17ClO3/c1-10-8-17(12-4-3-5-13(18)15(10)12)7-6-11(14(19)9-17)16(20)21-2/h3-5,8,11H,6-7,9H2,1-2H3/t11?,17-/m0/s1. The molecule has 0 heterocycles. The van der Waals surface area contributed by atoms with Crippen LogP contribution in [-0.4, -0.2) is 18.9 Å². The molecular formula is C17H17ClO3. The maximum absolute atomic E-state index is 12.4. The van der Waals surface area contributed by atoms with Crippen molar-refractivity contribution in [3.63, 3.8) is 0 Å². The Morgan fingerprint density at radius 1 is 1.43 bits per heavy atom. The summed E-state index contributed by atoms with van der Waals surface area (Å²) < 4.78 is 4.72. The Balaban J connectivity index is 1.98. The van der Waals surface area contributed by atoms with Gasteiger partial charge < -0.3 is 4.74 Å². The van der Waals surface area contributed by atoms with Crippen LogP contribution in [0, 0.1) is 5.92 Å². The Hall–Kier alpha value is -1.61. The Bertz CT molecular complexity index is 662. The van der Waals surface area contributed by atoms with Gasteiger partial charge in [-0.3, -0.25) is 9.59 Å². The summed E-state index contributed by atoms with van der Waals surface area (Å²) in [5.41, 5.74) is 2.97. The highest BCUT2D eigenvalue weighted by Crippen LogP contribution is 2.51. The molecule has 0 saturated heterocycles. The zero-order valence-electron chi connectivity index (χ0n) is 12.1. The van der Waals surface area contributed by atoms with Crippen LogP contribution in [-0.2, 0) is 19.7 Å². The molecule has 21 heavy (non-hydrogen) atoms. The number of hydrogen-bond acceptors (Lipinski definition) is 3. The lowest BCUT2D eigenvalue weighted by Crippen LogP contribution is -2.39. The van der Waals surface area contributed by atoms with E-state index in [0.29, 0.717) is 12.8 Å². The average Bonchev–Trinajstić information content (AvgIpc) is 2.72. The van der Waals surface area contributed by atoms with E-state index >= 15 is 0 Å². The van der Waals surface area contributed by atoms with Crippen LogP contribution in [0.5, 0.6) is 0 Å². The Kier molecular flexibility index (Phi) is 3.40. The second kappa shape index (κ2) is 4.99. The smallest absolute Gasteiger partial charge is 0.316 e. The number of fused-ring (bicyclic) bond motifs is 2. The molecule has 3 rings (SSSR count). The minimum atomic E-state index is -0.613. The van der Waals surface area contributed by atoms with E-state index in [1.54, 1.807) is 0 Å². The van der Waals surface area contributed by atoms with E-state index < -0.39 is 11.9 Å². The van der Waals surface area contributed by atoms with Crippen molar-refractivity contribution in [2.75, 3.05) is 7.11 Å². The molecule has 3 nitrogen and oxygen atoms in total.